The van der Waals surface area contributed by atoms with E-state index >= 15 is 0 Å². The lowest BCUT2D eigenvalue weighted by molar-refractivity contribution is 0.103. The summed E-state index contributed by atoms with van der Waals surface area (Å²) in [5, 5.41) is 19.6. The summed E-state index contributed by atoms with van der Waals surface area (Å²) in [5.74, 6) is -0.853. The predicted octanol–water partition coefficient (Wildman–Crippen LogP) is 2.89. The van der Waals surface area contributed by atoms with Gasteiger partial charge in [0, 0.05) is 5.56 Å². The summed E-state index contributed by atoms with van der Waals surface area (Å²) in [6, 6.07) is 11.9. The van der Waals surface area contributed by atoms with Crippen molar-refractivity contribution < 1.29 is 15.0 Å². The summed E-state index contributed by atoms with van der Waals surface area (Å²) < 4.78 is 0. The monoisotopic (exact) mass is 242 g/mol. The van der Waals surface area contributed by atoms with Gasteiger partial charge in [-0.3, -0.25) is 4.79 Å². The van der Waals surface area contributed by atoms with Crippen molar-refractivity contribution in [3.63, 3.8) is 0 Å². The van der Waals surface area contributed by atoms with Crippen LogP contribution in [-0.4, -0.2) is 16.0 Å². The Morgan fingerprint density at radius 2 is 1.67 bits per heavy atom. The second-order valence-electron chi connectivity index (χ2n) is 4.02. The average molecular weight is 242 g/mol. The molecular formula is C15H14O3. The third-order valence-electron chi connectivity index (χ3n) is 2.90. The predicted molar refractivity (Wildman–Crippen MR) is 69.0 cm³/mol. The van der Waals surface area contributed by atoms with Gasteiger partial charge in [-0.05, 0) is 18.1 Å². The van der Waals surface area contributed by atoms with Gasteiger partial charge in [-0.25, -0.2) is 0 Å². The van der Waals surface area contributed by atoms with Gasteiger partial charge in [-0.1, -0.05) is 43.3 Å². The van der Waals surface area contributed by atoms with Crippen LogP contribution in [0.15, 0.2) is 42.5 Å². The van der Waals surface area contributed by atoms with Crippen LogP contribution in [-0.2, 0) is 6.42 Å². The number of rotatable bonds is 3. The fourth-order valence-corrected chi connectivity index (χ4v) is 1.83. The lowest BCUT2D eigenvalue weighted by atomic mass is 9.99. The minimum atomic E-state index is -0.344. The van der Waals surface area contributed by atoms with Crippen molar-refractivity contribution in [2.45, 2.75) is 13.3 Å². The van der Waals surface area contributed by atoms with Gasteiger partial charge >= 0.3 is 0 Å². The van der Waals surface area contributed by atoms with Crippen LogP contribution in [0.25, 0.3) is 0 Å². The van der Waals surface area contributed by atoms with Crippen LogP contribution in [0.2, 0.25) is 0 Å². The molecule has 0 aliphatic rings. The van der Waals surface area contributed by atoms with Gasteiger partial charge < -0.3 is 10.2 Å². The minimum absolute atomic E-state index is 0.121. The SMILES string of the molecule is CCc1ccc(C(=O)c2ccccc2)c(O)c1O. The molecule has 3 heteroatoms. The van der Waals surface area contributed by atoms with Gasteiger partial charge in [-0.2, -0.15) is 0 Å². The molecule has 0 fully saturated rings. The maximum atomic E-state index is 12.1. The van der Waals surface area contributed by atoms with E-state index in [9.17, 15) is 15.0 Å². The Labute approximate surface area is 105 Å². The van der Waals surface area contributed by atoms with E-state index < -0.39 is 0 Å². The summed E-state index contributed by atoms with van der Waals surface area (Å²) in [5.41, 5.74) is 1.23. The number of aryl methyl sites for hydroxylation is 1. The van der Waals surface area contributed by atoms with Gasteiger partial charge in [0.05, 0.1) is 5.56 Å². The lowest BCUT2D eigenvalue weighted by Gasteiger charge is -2.08. The number of aromatic hydroxyl groups is 2. The number of hydrogen-bond donors (Lipinski definition) is 2. The van der Waals surface area contributed by atoms with Crippen LogP contribution in [0.5, 0.6) is 11.5 Å². The minimum Gasteiger partial charge on any atom is -0.504 e. The highest BCUT2D eigenvalue weighted by molar-refractivity contribution is 6.11. The molecule has 0 aromatic heterocycles. The summed E-state index contributed by atoms with van der Waals surface area (Å²) in [7, 11) is 0. The molecule has 0 amide bonds. The number of phenolic OH excluding ortho intramolecular Hbond substituents is 2. The molecule has 3 nitrogen and oxygen atoms in total. The van der Waals surface area contributed by atoms with Crippen LogP contribution >= 0.6 is 0 Å². The Bertz CT molecular complexity index is 574. The first-order chi connectivity index (χ1) is 8.65. The molecular weight excluding hydrogens is 228 g/mol. The normalized spacial score (nSPS) is 10.3. The Morgan fingerprint density at radius 3 is 2.28 bits per heavy atom. The Balaban J connectivity index is 2.47. The van der Waals surface area contributed by atoms with Crippen LogP contribution in [0.4, 0.5) is 0 Å². The van der Waals surface area contributed by atoms with E-state index in [1.807, 2.05) is 13.0 Å². The Morgan fingerprint density at radius 1 is 1.00 bits per heavy atom. The molecule has 0 spiro atoms. The largest absolute Gasteiger partial charge is 0.504 e. The first-order valence-electron chi connectivity index (χ1n) is 5.78. The molecule has 0 unspecified atom stereocenters. The number of carbonyl (C=O) groups is 1. The molecule has 0 saturated heterocycles. The van der Waals surface area contributed by atoms with Crippen molar-refractivity contribution >= 4 is 5.78 Å². The molecule has 0 aliphatic carbocycles. The van der Waals surface area contributed by atoms with Gasteiger partial charge in [-0.15, -0.1) is 0 Å². The molecule has 2 aromatic rings. The van der Waals surface area contributed by atoms with E-state index in [-0.39, 0.29) is 22.8 Å². The van der Waals surface area contributed by atoms with Crippen molar-refractivity contribution in [3.8, 4) is 11.5 Å². The van der Waals surface area contributed by atoms with Crippen LogP contribution in [0, 0.1) is 0 Å². The van der Waals surface area contributed by atoms with E-state index in [0.717, 1.165) is 0 Å². The van der Waals surface area contributed by atoms with Crippen molar-refractivity contribution in [2.24, 2.45) is 0 Å². The number of ketones is 1. The third-order valence-corrected chi connectivity index (χ3v) is 2.90. The van der Waals surface area contributed by atoms with Crippen LogP contribution < -0.4 is 0 Å². The zero-order valence-electron chi connectivity index (χ0n) is 10.1. The maximum absolute atomic E-state index is 12.1. The van der Waals surface area contributed by atoms with E-state index in [1.54, 1.807) is 36.4 Å². The molecule has 2 N–H and O–H groups in total. The van der Waals surface area contributed by atoms with E-state index in [2.05, 4.69) is 0 Å². The highest BCUT2D eigenvalue weighted by Crippen LogP contribution is 2.34. The third kappa shape index (κ3) is 2.07. The highest BCUT2D eigenvalue weighted by atomic mass is 16.3. The zero-order chi connectivity index (χ0) is 13.1. The first kappa shape index (κ1) is 12.2. The first-order valence-corrected chi connectivity index (χ1v) is 5.78. The number of phenols is 2. The Kier molecular flexibility index (Phi) is 3.33. The average Bonchev–Trinajstić information content (AvgIpc) is 2.42. The fourth-order valence-electron chi connectivity index (χ4n) is 1.83. The second kappa shape index (κ2) is 4.92. The molecule has 0 atom stereocenters. The fraction of sp³-hybridized carbons (Fsp3) is 0.133. The summed E-state index contributed by atoms with van der Waals surface area (Å²) in [6.07, 6.45) is 0.596. The van der Waals surface area contributed by atoms with Gasteiger partial charge in [0.1, 0.15) is 0 Å². The van der Waals surface area contributed by atoms with Crippen LogP contribution in [0.1, 0.15) is 28.4 Å². The second-order valence-corrected chi connectivity index (χ2v) is 4.02. The number of benzene rings is 2. The topological polar surface area (TPSA) is 57.5 Å². The smallest absolute Gasteiger partial charge is 0.196 e. The molecule has 92 valence electrons. The summed E-state index contributed by atoms with van der Waals surface area (Å²) in [6.45, 7) is 1.87. The molecule has 2 rings (SSSR count). The van der Waals surface area contributed by atoms with Gasteiger partial charge in [0.25, 0.3) is 0 Å². The lowest BCUT2D eigenvalue weighted by Crippen LogP contribution is -2.02. The molecule has 18 heavy (non-hydrogen) atoms. The molecule has 0 aliphatic heterocycles. The molecule has 2 aromatic carbocycles. The standard InChI is InChI=1S/C15H14O3/c1-2-10-8-9-12(15(18)14(10)17)13(16)11-6-4-3-5-7-11/h3-9,17-18H,2H2,1H3. The van der Waals surface area contributed by atoms with Crippen molar-refractivity contribution in [3.05, 3.63) is 59.2 Å². The summed E-state index contributed by atoms with van der Waals surface area (Å²) in [4.78, 5) is 12.1. The van der Waals surface area contributed by atoms with Crippen LogP contribution in [0.3, 0.4) is 0 Å². The van der Waals surface area contributed by atoms with Gasteiger partial charge in [0.2, 0.25) is 0 Å². The maximum Gasteiger partial charge on any atom is 0.196 e. The summed E-state index contributed by atoms with van der Waals surface area (Å²) >= 11 is 0. The van der Waals surface area contributed by atoms with Crippen molar-refractivity contribution in [1.29, 1.82) is 0 Å². The molecule has 0 radical (unpaired) electrons. The van der Waals surface area contributed by atoms with Gasteiger partial charge in [0.15, 0.2) is 17.3 Å². The van der Waals surface area contributed by atoms with E-state index in [1.165, 1.54) is 0 Å². The number of hydrogen-bond acceptors (Lipinski definition) is 3. The Hall–Kier alpha value is -2.29. The van der Waals surface area contributed by atoms with Crippen molar-refractivity contribution in [2.75, 3.05) is 0 Å². The zero-order valence-corrected chi connectivity index (χ0v) is 10.1. The van der Waals surface area contributed by atoms with E-state index in [0.29, 0.717) is 17.5 Å². The van der Waals surface area contributed by atoms with Crippen molar-refractivity contribution in [1.82, 2.24) is 0 Å². The molecule has 0 saturated carbocycles. The molecule has 0 bridgehead atoms. The number of carbonyl (C=O) groups excluding carboxylic acids is 1. The molecule has 0 heterocycles. The highest BCUT2D eigenvalue weighted by Gasteiger charge is 2.17. The quantitative estimate of drug-likeness (QED) is 0.642. The van der Waals surface area contributed by atoms with E-state index in [4.69, 9.17) is 0 Å².